The summed E-state index contributed by atoms with van der Waals surface area (Å²) >= 11 is 3.19. The molecule has 0 aliphatic heterocycles. The number of carbonyl (C=O) groups is 1. The lowest BCUT2D eigenvalue weighted by atomic mass is 10.1. The average Bonchev–Trinajstić information content (AvgIpc) is 2.28. The summed E-state index contributed by atoms with van der Waals surface area (Å²) in [7, 11) is 0. The molecule has 1 aromatic carbocycles. The molecule has 92 valence electrons. The van der Waals surface area contributed by atoms with Crippen LogP contribution in [0.3, 0.4) is 0 Å². The van der Waals surface area contributed by atoms with E-state index >= 15 is 0 Å². The minimum absolute atomic E-state index is 0.104. The standard InChI is InChI=1S/C13H10BrFN2O/c14-9-3-8(4-10(15)6-9)5-13(18)12-2-1-11(16)7-17-12/h1-4,6-7H,5,16H2. The van der Waals surface area contributed by atoms with Crippen LogP contribution in [-0.4, -0.2) is 10.8 Å². The van der Waals surface area contributed by atoms with Gasteiger partial charge in [0.25, 0.3) is 0 Å². The van der Waals surface area contributed by atoms with Gasteiger partial charge in [0, 0.05) is 10.9 Å². The Kier molecular flexibility index (Phi) is 3.72. The van der Waals surface area contributed by atoms with Gasteiger partial charge in [0.05, 0.1) is 11.9 Å². The molecule has 3 nitrogen and oxygen atoms in total. The topological polar surface area (TPSA) is 56.0 Å². The molecule has 0 aliphatic rings. The van der Waals surface area contributed by atoms with E-state index in [1.165, 1.54) is 18.3 Å². The third-order valence-electron chi connectivity index (χ3n) is 2.36. The van der Waals surface area contributed by atoms with Gasteiger partial charge < -0.3 is 5.73 Å². The summed E-state index contributed by atoms with van der Waals surface area (Å²) in [4.78, 5) is 15.8. The molecule has 0 aliphatic carbocycles. The van der Waals surface area contributed by atoms with Crippen LogP contribution in [0.4, 0.5) is 10.1 Å². The van der Waals surface area contributed by atoms with Gasteiger partial charge in [0.15, 0.2) is 5.78 Å². The van der Waals surface area contributed by atoms with Crippen molar-refractivity contribution in [3.8, 4) is 0 Å². The fourth-order valence-corrected chi connectivity index (χ4v) is 2.07. The summed E-state index contributed by atoms with van der Waals surface area (Å²) in [6.07, 6.45) is 1.53. The highest BCUT2D eigenvalue weighted by Crippen LogP contribution is 2.16. The van der Waals surface area contributed by atoms with Crippen molar-refractivity contribution in [2.45, 2.75) is 6.42 Å². The quantitative estimate of drug-likeness (QED) is 0.887. The first kappa shape index (κ1) is 12.7. The molecule has 2 N–H and O–H groups in total. The number of carbonyl (C=O) groups excluding carboxylic acids is 1. The Morgan fingerprint density at radius 2 is 2.11 bits per heavy atom. The van der Waals surface area contributed by atoms with Crippen molar-refractivity contribution in [3.05, 3.63) is 58.1 Å². The Morgan fingerprint density at radius 1 is 1.33 bits per heavy atom. The second-order valence-corrected chi connectivity index (χ2v) is 4.77. The van der Waals surface area contributed by atoms with Crippen LogP contribution >= 0.6 is 15.9 Å². The fraction of sp³-hybridized carbons (Fsp3) is 0.0769. The number of nitrogen functional groups attached to an aromatic ring is 1. The average molecular weight is 309 g/mol. The summed E-state index contributed by atoms with van der Waals surface area (Å²) in [5.41, 5.74) is 6.92. The SMILES string of the molecule is Nc1ccc(C(=O)Cc2cc(F)cc(Br)c2)nc1. The minimum atomic E-state index is -0.377. The fourth-order valence-electron chi connectivity index (χ4n) is 1.56. The molecule has 0 amide bonds. The van der Waals surface area contributed by atoms with Crippen molar-refractivity contribution >= 4 is 27.4 Å². The molecule has 1 heterocycles. The van der Waals surface area contributed by atoms with Gasteiger partial charge >= 0.3 is 0 Å². The second-order valence-electron chi connectivity index (χ2n) is 3.85. The maximum atomic E-state index is 13.2. The zero-order valence-corrected chi connectivity index (χ0v) is 10.9. The maximum Gasteiger partial charge on any atom is 0.185 e. The predicted molar refractivity (Wildman–Crippen MR) is 70.8 cm³/mol. The molecule has 0 saturated carbocycles. The normalized spacial score (nSPS) is 10.3. The molecule has 1 aromatic heterocycles. The van der Waals surface area contributed by atoms with Gasteiger partial charge in [-0.05, 0) is 35.9 Å². The lowest BCUT2D eigenvalue weighted by Crippen LogP contribution is -2.06. The minimum Gasteiger partial charge on any atom is -0.397 e. The summed E-state index contributed by atoms with van der Waals surface area (Å²) in [6, 6.07) is 7.56. The van der Waals surface area contributed by atoms with E-state index in [2.05, 4.69) is 20.9 Å². The summed E-state index contributed by atoms with van der Waals surface area (Å²) in [6.45, 7) is 0. The highest BCUT2D eigenvalue weighted by atomic mass is 79.9. The van der Waals surface area contributed by atoms with Crippen molar-refractivity contribution in [1.29, 1.82) is 0 Å². The zero-order chi connectivity index (χ0) is 13.1. The van der Waals surface area contributed by atoms with Crippen LogP contribution in [0.15, 0.2) is 41.0 Å². The molecular formula is C13H10BrFN2O. The first-order valence-electron chi connectivity index (χ1n) is 5.24. The monoisotopic (exact) mass is 308 g/mol. The number of benzene rings is 1. The van der Waals surface area contributed by atoms with Crippen LogP contribution in [0.1, 0.15) is 16.1 Å². The molecule has 0 radical (unpaired) electrons. The maximum absolute atomic E-state index is 13.2. The molecule has 5 heteroatoms. The highest BCUT2D eigenvalue weighted by Gasteiger charge is 2.09. The van der Waals surface area contributed by atoms with Crippen molar-refractivity contribution < 1.29 is 9.18 Å². The first-order chi connectivity index (χ1) is 8.54. The number of hydrogen-bond acceptors (Lipinski definition) is 3. The van der Waals surface area contributed by atoms with Crippen LogP contribution in [0.5, 0.6) is 0 Å². The molecule has 0 bridgehead atoms. The lowest BCUT2D eigenvalue weighted by molar-refractivity contribution is 0.0988. The summed E-state index contributed by atoms with van der Waals surface area (Å²) < 4.78 is 13.8. The molecule has 18 heavy (non-hydrogen) atoms. The van der Waals surface area contributed by atoms with E-state index in [1.807, 2.05) is 0 Å². The van der Waals surface area contributed by atoms with Crippen molar-refractivity contribution in [3.63, 3.8) is 0 Å². The third-order valence-corrected chi connectivity index (χ3v) is 2.82. The third kappa shape index (κ3) is 3.13. The molecular weight excluding hydrogens is 299 g/mol. The first-order valence-corrected chi connectivity index (χ1v) is 6.03. The Labute approximate surface area is 112 Å². The number of anilines is 1. The van der Waals surface area contributed by atoms with E-state index in [0.29, 0.717) is 21.4 Å². The molecule has 2 rings (SSSR count). The van der Waals surface area contributed by atoms with E-state index in [1.54, 1.807) is 18.2 Å². The molecule has 0 saturated heterocycles. The van der Waals surface area contributed by atoms with Crippen LogP contribution in [0.2, 0.25) is 0 Å². The van der Waals surface area contributed by atoms with Gasteiger partial charge in [-0.1, -0.05) is 15.9 Å². The van der Waals surface area contributed by atoms with Crippen LogP contribution in [0, 0.1) is 5.82 Å². The van der Waals surface area contributed by atoms with Crippen LogP contribution in [0.25, 0.3) is 0 Å². The number of ketones is 1. The largest absolute Gasteiger partial charge is 0.397 e. The van der Waals surface area contributed by atoms with Gasteiger partial charge in [-0.2, -0.15) is 0 Å². The number of halogens is 2. The number of pyridine rings is 1. The van der Waals surface area contributed by atoms with E-state index in [-0.39, 0.29) is 18.0 Å². The smallest absolute Gasteiger partial charge is 0.185 e. The molecule has 0 fully saturated rings. The summed E-state index contributed by atoms with van der Waals surface area (Å²) in [5.74, 6) is -0.551. The predicted octanol–water partition coefficient (Wildman–Crippen LogP) is 2.99. The van der Waals surface area contributed by atoms with Crippen molar-refractivity contribution in [2.24, 2.45) is 0 Å². The molecule has 2 aromatic rings. The van der Waals surface area contributed by atoms with E-state index in [9.17, 15) is 9.18 Å². The second kappa shape index (κ2) is 5.27. The van der Waals surface area contributed by atoms with Gasteiger partial charge in [-0.25, -0.2) is 4.39 Å². The Hall–Kier alpha value is -1.75. The van der Waals surface area contributed by atoms with Crippen LogP contribution < -0.4 is 5.73 Å². The lowest BCUT2D eigenvalue weighted by Gasteiger charge is -2.02. The Balaban J connectivity index is 2.18. The Morgan fingerprint density at radius 3 is 2.72 bits per heavy atom. The number of aromatic nitrogens is 1. The number of hydrogen-bond donors (Lipinski definition) is 1. The van der Waals surface area contributed by atoms with Gasteiger partial charge in [-0.3, -0.25) is 9.78 Å². The number of nitrogens with zero attached hydrogens (tertiary/aromatic N) is 1. The molecule has 0 atom stereocenters. The van der Waals surface area contributed by atoms with Crippen molar-refractivity contribution in [1.82, 2.24) is 4.98 Å². The number of rotatable bonds is 3. The zero-order valence-electron chi connectivity index (χ0n) is 9.36. The van der Waals surface area contributed by atoms with Gasteiger partial charge in [0.2, 0.25) is 0 Å². The van der Waals surface area contributed by atoms with Crippen LogP contribution in [-0.2, 0) is 6.42 Å². The molecule has 0 spiro atoms. The Bertz CT molecular complexity index is 564. The van der Waals surface area contributed by atoms with E-state index < -0.39 is 0 Å². The van der Waals surface area contributed by atoms with E-state index in [0.717, 1.165) is 0 Å². The highest BCUT2D eigenvalue weighted by molar-refractivity contribution is 9.10. The van der Waals surface area contributed by atoms with Gasteiger partial charge in [-0.15, -0.1) is 0 Å². The van der Waals surface area contributed by atoms with Crippen molar-refractivity contribution in [2.75, 3.05) is 5.73 Å². The van der Waals surface area contributed by atoms with Gasteiger partial charge in [0.1, 0.15) is 11.5 Å². The molecule has 0 unspecified atom stereocenters. The number of Topliss-reactive ketones (excluding diaryl/α,β-unsaturated/α-hetero) is 1. The number of nitrogens with two attached hydrogens (primary N) is 1. The van der Waals surface area contributed by atoms with E-state index in [4.69, 9.17) is 5.73 Å². The summed E-state index contributed by atoms with van der Waals surface area (Å²) in [5, 5.41) is 0.